The van der Waals surface area contributed by atoms with Crippen molar-refractivity contribution in [3.63, 3.8) is 0 Å². The first-order chi connectivity index (χ1) is 15.6. The second-order valence-corrected chi connectivity index (χ2v) is 12.0. The molecule has 5 aliphatic rings. The summed E-state index contributed by atoms with van der Waals surface area (Å²) in [4.78, 5) is 25.6. The highest BCUT2D eigenvalue weighted by atomic mass is 16.8. The van der Waals surface area contributed by atoms with Crippen molar-refractivity contribution in [1.29, 1.82) is 0 Å². The molecule has 1 aromatic carbocycles. The molecule has 0 bridgehead atoms. The summed E-state index contributed by atoms with van der Waals surface area (Å²) in [5, 5.41) is 0. The number of carbonyl (C=O) groups excluding carboxylic acids is 2. The van der Waals surface area contributed by atoms with E-state index < -0.39 is 11.4 Å². The Labute approximate surface area is 197 Å². The summed E-state index contributed by atoms with van der Waals surface area (Å²) in [6.45, 7) is 8.41. The number of ether oxygens (including phenoxy) is 2. The highest BCUT2D eigenvalue weighted by Crippen LogP contribution is 2.71. The molecule has 4 heteroatoms. The Morgan fingerprint density at radius 1 is 1.00 bits per heavy atom. The summed E-state index contributed by atoms with van der Waals surface area (Å²) in [5.41, 5.74) is 1.35. The molecule has 3 saturated carbocycles. The van der Waals surface area contributed by atoms with Gasteiger partial charge in [0.05, 0.1) is 6.10 Å². The molecule has 0 amide bonds. The third-order valence-corrected chi connectivity index (χ3v) is 10.7. The van der Waals surface area contributed by atoms with Gasteiger partial charge in [-0.15, -0.1) is 0 Å². The number of Topliss-reactive ketones (excluding diaryl/α,β-unsaturated/α-hetero) is 1. The van der Waals surface area contributed by atoms with E-state index in [1.807, 2.05) is 43.3 Å². The topological polar surface area (TPSA) is 52.6 Å². The van der Waals surface area contributed by atoms with Crippen LogP contribution in [0.2, 0.25) is 0 Å². The van der Waals surface area contributed by atoms with Crippen LogP contribution in [0, 0.1) is 28.6 Å². The van der Waals surface area contributed by atoms with E-state index in [4.69, 9.17) is 9.47 Å². The monoisotopic (exact) mass is 448 g/mol. The van der Waals surface area contributed by atoms with Gasteiger partial charge in [-0.1, -0.05) is 49.8 Å². The molecule has 4 nitrogen and oxygen atoms in total. The first kappa shape index (κ1) is 21.7. The van der Waals surface area contributed by atoms with Gasteiger partial charge in [-0.2, -0.15) is 0 Å². The zero-order valence-electron chi connectivity index (χ0n) is 20.4. The van der Waals surface area contributed by atoms with Gasteiger partial charge in [0.1, 0.15) is 0 Å². The van der Waals surface area contributed by atoms with E-state index in [1.165, 1.54) is 5.57 Å². The summed E-state index contributed by atoms with van der Waals surface area (Å²) in [5.74, 6) is 1.04. The average molecular weight is 449 g/mol. The van der Waals surface area contributed by atoms with Gasteiger partial charge < -0.3 is 9.47 Å². The van der Waals surface area contributed by atoms with Crippen LogP contribution in [0.3, 0.4) is 0 Å². The van der Waals surface area contributed by atoms with Crippen LogP contribution in [0.4, 0.5) is 0 Å². The second-order valence-electron chi connectivity index (χ2n) is 12.0. The molecule has 0 radical (unpaired) electrons. The molecular weight excluding hydrogens is 412 g/mol. The maximum absolute atomic E-state index is 13.5. The van der Waals surface area contributed by atoms with Crippen LogP contribution in [-0.2, 0) is 24.8 Å². The van der Waals surface area contributed by atoms with Crippen molar-refractivity contribution in [2.45, 2.75) is 90.1 Å². The van der Waals surface area contributed by atoms with Gasteiger partial charge in [0.2, 0.25) is 0 Å². The number of benzene rings is 1. The quantitative estimate of drug-likeness (QED) is 0.579. The largest absolute Gasteiger partial charge is 0.339 e. The van der Waals surface area contributed by atoms with Crippen LogP contribution in [0.5, 0.6) is 0 Å². The van der Waals surface area contributed by atoms with Gasteiger partial charge in [-0.3, -0.25) is 9.59 Å². The minimum Gasteiger partial charge on any atom is -0.339 e. The smallest absolute Gasteiger partial charge is 0.193 e. The fourth-order valence-corrected chi connectivity index (χ4v) is 9.02. The fourth-order valence-electron chi connectivity index (χ4n) is 9.02. The van der Waals surface area contributed by atoms with Gasteiger partial charge in [-0.05, 0) is 81.6 Å². The van der Waals surface area contributed by atoms with E-state index in [1.54, 1.807) is 6.92 Å². The Balaban J connectivity index is 1.38. The Morgan fingerprint density at radius 2 is 1.76 bits per heavy atom. The minimum absolute atomic E-state index is 0.112. The minimum atomic E-state index is -0.902. The van der Waals surface area contributed by atoms with Gasteiger partial charge in [-0.25, -0.2) is 0 Å². The van der Waals surface area contributed by atoms with Crippen molar-refractivity contribution >= 4 is 11.6 Å². The first-order valence-corrected chi connectivity index (χ1v) is 12.8. The van der Waals surface area contributed by atoms with Crippen molar-refractivity contribution in [2.24, 2.45) is 28.6 Å². The van der Waals surface area contributed by atoms with E-state index >= 15 is 0 Å². The summed E-state index contributed by atoms with van der Waals surface area (Å²) in [6, 6.07) is 10.1. The maximum atomic E-state index is 13.5. The number of hydrogen-bond acceptors (Lipinski definition) is 4. The van der Waals surface area contributed by atoms with Crippen molar-refractivity contribution in [3.8, 4) is 0 Å². The lowest BCUT2D eigenvalue weighted by molar-refractivity contribution is -0.227. The molecule has 1 saturated heterocycles. The molecule has 1 aromatic rings. The third-order valence-electron chi connectivity index (χ3n) is 10.7. The third kappa shape index (κ3) is 2.65. The molecule has 1 aliphatic heterocycles. The van der Waals surface area contributed by atoms with Crippen LogP contribution in [0.1, 0.15) is 78.2 Å². The van der Waals surface area contributed by atoms with Gasteiger partial charge in [0, 0.05) is 17.4 Å². The number of allylic oxidation sites excluding steroid dienone is 1. The maximum Gasteiger partial charge on any atom is 0.193 e. The van der Waals surface area contributed by atoms with Gasteiger partial charge in [0.25, 0.3) is 0 Å². The molecule has 1 heterocycles. The molecule has 8 atom stereocenters. The van der Waals surface area contributed by atoms with Crippen LogP contribution in [-0.4, -0.2) is 23.3 Å². The molecule has 33 heavy (non-hydrogen) atoms. The van der Waals surface area contributed by atoms with Crippen molar-refractivity contribution < 1.29 is 19.1 Å². The molecule has 0 spiro atoms. The SMILES string of the molecule is CC(=O)C12O[C@](C)(c3ccccc3)O[C@@H]1C[C@H]1[C@@H]3CCC4=CC(=O)CCC4(C)[C@H]3CCC12C. The lowest BCUT2D eigenvalue weighted by Crippen LogP contribution is -2.59. The highest BCUT2D eigenvalue weighted by Gasteiger charge is 2.75. The number of hydrogen-bond donors (Lipinski definition) is 0. The Bertz CT molecular complexity index is 1040. The summed E-state index contributed by atoms with van der Waals surface area (Å²) in [6.07, 6.45) is 8.46. The summed E-state index contributed by atoms with van der Waals surface area (Å²) >= 11 is 0. The Hall–Kier alpha value is -1.78. The molecule has 4 aliphatic carbocycles. The second kappa shape index (κ2) is 6.88. The number of carbonyl (C=O) groups is 2. The van der Waals surface area contributed by atoms with Crippen molar-refractivity contribution in [2.75, 3.05) is 0 Å². The molecule has 4 fully saturated rings. The molecule has 6 rings (SSSR count). The molecule has 0 N–H and O–H groups in total. The zero-order valence-corrected chi connectivity index (χ0v) is 20.4. The zero-order chi connectivity index (χ0) is 23.2. The first-order valence-electron chi connectivity index (χ1n) is 12.8. The van der Waals surface area contributed by atoms with Crippen LogP contribution < -0.4 is 0 Å². The number of rotatable bonds is 2. The predicted octanol–water partition coefficient (Wildman–Crippen LogP) is 5.74. The highest BCUT2D eigenvalue weighted by molar-refractivity contribution is 5.91. The summed E-state index contributed by atoms with van der Waals surface area (Å²) < 4.78 is 13.6. The van der Waals surface area contributed by atoms with Crippen LogP contribution in [0.25, 0.3) is 0 Å². The number of fused-ring (bicyclic) bond motifs is 7. The standard InChI is InChI=1S/C29H36O4/c1-18(30)29-25(32-28(4,33-29)19-8-6-5-7-9-19)17-24-22-11-10-20-16-21(31)12-14-26(20,2)23(22)13-15-27(24,29)3/h5-9,16,22-25H,10-15,17H2,1-4H3/t22-,23+,24+,25-,26?,27?,28-,29?/m1/s1. The van der Waals surface area contributed by atoms with Gasteiger partial charge >= 0.3 is 0 Å². The van der Waals surface area contributed by atoms with E-state index in [-0.39, 0.29) is 22.7 Å². The predicted molar refractivity (Wildman–Crippen MR) is 125 cm³/mol. The number of ketones is 2. The fraction of sp³-hybridized carbons (Fsp3) is 0.655. The molecule has 176 valence electrons. The van der Waals surface area contributed by atoms with E-state index in [9.17, 15) is 9.59 Å². The van der Waals surface area contributed by atoms with E-state index in [2.05, 4.69) is 13.8 Å². The molecule has 0 aromatic heterocycles. The molecular formula is C29H36O4. The van der Waals surface area contributed by atoms with E-state index in [0.717, 1.165) is 44.1 Å². The van der Waals surface area contributed by atoms with Crippen LogP contribution in [0.15, 0.2) is 42.0 Å². The van der Waals surface area contributed by atoms with Crippen molar-refractivity contribution in [1.82, 2.24) is 0 Å². The van der Waals surface area contributed by atoms with Crippen LogP contribution >= 0.6 is 0 Å². The van der Waals surface area contributed by atoms with Gasteiger partial charge in [0.15, 0.2) is 23.0 Å². The lowest BCUT2D eigenvalue weighted by Gasteiger charge is -2.59. The lowest BCUT2D eigenvalue weighted by atomic mass is 9.46. The normalized spacial score (nSPS) is 48.4. The van der Waals surface area contributed by atoms with Crippen molar-refractivity contribution in [3.05, 3.63) is 47.5 Å². The summed E-state index contributed by atoms with van der Waals surface area (Å²) in [7, 11) is 0. The molecule has 3 unspecified atom stereocenters. The Kier molecular flexibility index (Phi) is 4.53. The Morgan fingerprint density at radius 3 is 2.48 bits per heavy atom. The average Bonchev–Trinajstić information content (AvgIpc) is 3.23. The van der Waals surface area contributed by atoms with E-state index in [0.29, 0.717) is 30.0 Å².